The topological polar surface area (TPSA) is 12.0 Å². The second-order valence-corrected chi connectivity index (χ2v) is 5.37. The lowest BCUT2D eigenvalue weighted by molar-refractivity contribution is 0.240. The first-order valence-corrected chi connectivity index (χ1v) is 6.64. The molecule has 0 saturated heterocycles. The molecule has 3 heteroatoms. The van der Waals surface area contributed by atoms with Crippen LogP contribution in [0.15, 0.2) is 22.7 Å². The molecule has 0 spiro atoms. The SMILES string of the molecule is CC(NCc1cccc(F)c1Br)C1CCC1. The summed E-state index contributed by atoms with van der Waals surface area (Å²) in [5, 5.41) is 3.47. The summed E-state index contributed by atoms with van der Waals surface area (Å²) in [5.41, 5.74) is 0.992. The summed E-state index contributed by atoms with van der Waals surface area (Å²) in [6.45, 7) is 2.95. The van der Waals surface area contributed by atoms with E-state index in [1.165, 1.54) is 25.3 Å². The summed E-state index contributed by atoms with van der Waals surface area (Å²) >= 11 is 3.28. The molecule has 0 amide bonds. The van der Waals surface area contributed by atoms with Crippen LogP contribution in [0, 0.1) is 11.7 Å². The predicted molar refractivity (Wildman–Crippen MR) is 67.7 cm³/mol. The fraction of sp³-hybridized carbons (Fsp3) is 0.538. The Balaban J connectivity index is 1.91. The molecule has 0 bridgehead atoms. The van der Waals surface area contributed by atoms with Crippen molar-refractivity contribution >= 4 is 15.9 Å². The zero-order chi connectivity index (χ0) is 11.5. The Morgan fingerprint density at radius 3 is 2.88 bits per heavy atom. The van der Waals surface area contributed by atoms with E-state index in [1.54, 1.807) is 6.07 Å². The maximum Gasteiger partial charge on any atom is 0.137 e. The van der Waals surface area contributed by atoms with Crippen molar-refractivity contribution in [3.63, 3.8) is 0 Å². The first-order chi connectivity index (χ1) is 7.68. The van der Waals surface area contributed by atoms with Gasteiger partial charge in [0, 0.05) is 12.6 Å². The Kier molecular flexibility index (Phi) is 3.98. The molecular weight excluding hydrogens is 269 g/mol. The number of nitrogens with one attached hydrogen (secondary N) is 1. The van der Waals surface area contributed by atoms with Crippen LogP contribution in [0.25, 0.3) is 0 Å². The van der Waals surface area contributed by atoms with E-state index in [-0.39, 0.29) is 5.82 Å². The second kappa shape index (κ2) is 5.28. The number of hydrogen-bond acceptors (Lipinski definition) is 1. The van der Waals surface area contributed by atoms with Crippen molar-refractivity contribution in [3.8, 4) is 0 Å². The Bertz CT molecular complexity index is 363. The van der Waals surface area contributed by atoms with Crippen LogP contribution in [-0.4, -0.2) is 6.04 Å². The first-order valence-electron chi connectivity index (χ1n) is 5.84. The van der Waals surface area contributed by atoms with Gasteiger partial charge in [-0.05, 0) is 53.2 Å². The third-order valence-electron chi connectivity index (χ3n) is 3.50. The zero-order valence-corrected chi connectivity index (χ0v) is 11.1. The normalized spacial score (nSPS) is 18.2. The summed E-state index contributed by atoms with van der Waals surface area (Å²) in [6, 6.07) is 5.71. The largest absolute Gasteiger partial charge is 0.310 e. The van der Waals surface area contributed by atoms with E-state index in [4.69, 9.17) is 0 Å². The molecule has 0 heterocycles. The van der Waals surface area contributed by atoms with Crippen LogP contribution < -0.4 is 5.32 Å². The molecule has 0 aromatic heterocycles. The van der Waals surface area contributed by atoms with E-state index >= 15 is 0 Å². The molecule has 1 unspecified atom stereocenters. The van der Waals surface area contributed by atoms with Gasteiger partial charge in [0.1, 0.15) is 5.82 Å². The van der Waals surface area contributed by atoms with Gasteiger partial charge in [-0.25, -0.2) is 4.39 Å². The third-order valence-corrected chi connectivity index (χ3v) is 4.39. The summed E-state index contributed by atoms with van der Waals surface area (Å²) in [7, 11) is 0. The van der Waals surface area contributed by atoms with E-state index in [1.807, 2.05) is 6.07 Å². The van der Waals surface area contributed by atoms with Gasteiger partial charge in [0.05, 0.1) is 4.47 Å². The minimum absolute atomic E-state index is 0.185. The third kappa shape index (κ3) is 2.64. The molecule has 1 aromatic carbocycles. The highest BCUT2D eigenvalue weighted by atomic mass is 79.9. The molecule has 1 aliphatic rings. The van der Waals surface area contributed by atoms with Crippen molar-refractivity contribution in [3.05, 3.63) is 34.1 Å². The lowest BCUT2D eigenvalue weighted by atomic mass is 9.80. The maximum atomic E-state index is 13.3. The average Bonchev–Trinajstić information content (AvgIpc) is 2.18. The Labute approximate surface area is 105 Å². The molecule has 2 rings (SSSR count). The number of halogens is 2. The van der Waals surface area contributed by atoms with Gasteiger partial charge in [-0.15, -0.1) is 0 Å². The van der Waals surface area contributed by atoms with Gasteiger partial charge >= 0.3 is 0 Å². The molecule has 1 N–H and O–H groups in total. The second-order valence-electron chi connectivity index (χ2n) is 4.57. The van der Waals surface area contributed by atoms with Crippen molar-refractivity contribution in [2.24, 2.45) is 5.92 Å². The smallest absolute Gasteiger partial charge is 0.137 e. The van der Waals surface area contributed by atoms with Crippen LogP contribution in [0.3, 0.4) is 0 Å². The highest BCUT2D eigenvalue weighted by molar-refractivity contribution is 9.10. The van der Waals surface area contributed by atoms with E-state index in [0.717, 1.165) is 18.0 Å². The fourth-order valence-corrected chi connectivity index (χ4v) is 2.47. The molecule has 88 valence electrons. The van der Waals surface area contributed by atoms with Crippen molar-refractivity contribution < 1.29 is 4.39 Å². The lowest BCUT2D eigenvalue weighted by Gasteiger charge is -2.32. The maximum absolute atomic E-state index is 13.3. The number of hydrogen-bond donors (Lipinski definition) is 1. The van der Waals surface area contributed by atoms with Crippen LogP contribution in [0.5, 0.6) is 0 Å². The molecule has 1 atom stereocenters. The van der Waals surface area contributed by atoms with Gasteiger partial charge in [0.25, 0.3) is 0 Å². The average molecular weight is 286 g/mol. The van der Waals surface area contributed by atoms with E-state index in [9.17, 15) is 4.39 Å². The van der Waals surface area contributed by atoms with Gasteiger partial charge in [0.15, 0.2) is 0 Å². The Morgan fingerprint density at radius 2 is 2.25 bits per heavy atom. The number of rotatable bonds is 4. The molecular formula is C13H17BrFN. The predicted octanol–water partition coefficient (Wildman–Crippen LogP) is 3.87. The van der Waals surface area contributed by atoms with E-state index in [2.05, 4.69) is 28.2 Å². The van der Waals surface area contributed by atoms with Crippen LogP contribution in [0.1, 0.15) is 31.7 Å². The highest BCUT2D eigenvalue weighted by Crippen LogP contribution is 2.29. The molecule has 1 aliphatic carbocycles. The van der Waals surface area contributed by atoms with Crippen molar-refractivity contribution in [1.29, 1.82) is 0 Å². The highest BCUT2D eigenvalue weighted by Gasteiger charge is 2.23. The molecule has 1 saturated carbocycles. The van der Waals surface area contributed by atoms with Crippen molar-refractivity contribution in [1.82, 2.24) is 5.32 Å². The minimum atomic E-state index is -0.185. The van der Waals surface area contributed by atoms with Crippen LogP contribution in [0.4, 0.5) is 4.39 Å². The summed E-state index contributed by atoms with van der Waals surface area (Å²) < 4.78 is 13.9. The van der Waals surface area contributed by atoms with Gasteiger partial charge in [-0.3, -0.25) is 0 Å². The zero-order valence-electron chi connectivity index (χ0n) is 9.47. The van der Waals surface area contributed by atoms with Gasteiger partial charge < -0.3 is 5.32 Å². The summed E-state index contributed by atoms with van der Waals surface area (Å²) in [5.74, 6) is 0.628. The molecule has 1 aromatic rings. The lowest BCUT2D eigenvalue weighted by Crippen LogP contribution is -2.36. The molecule has 16 heavy (non-hydrogen) atoms. The van der Waals surface area contributed by atoms with Gasteiger partial charge in [-0.1, -0.05) is 18.6 Å². The monoisotopic (exact) mass is 285 g/mol. The molecule has 0 aliphatic heterocycles. The Morgan fingerprint density at radius 1 is 1.50 bits per heavy atom. The quantitative estimate of drug-likeness (QED) is 0.886. The molecule has 0 radical (unpaired) electrons. The van der Waals surface area contributed by atoms with Gasteiger partial charge in [0.2, 0.25) is 0 Å². The Hall–Kier alpha value is -0.410. The van der Waals surface area contributed by atoms with E-state index < -0.39 is 0 Å². The van der Waals surface area contributed by atoms with Gasteiger partial charge in [-0.2, -0.15) is 0 Å². The standard InChI is InChI=1S/C13H17BrFN/c1-9(10-4-2-5-10)16-8-11-6-3-7-12(15)13(11)14/h3,6-7,9-10,16H,2,4-5,8H2,1H3. The molecule has 1 fully saturated rings. The first kappa shape index (κ1) is 12.1. The minimum Gasteiger partial charge on any atom is -0.310 e. The van der Waals surface area contributed by atoms with Crippen LogP contribution >= 0.6 is 15.9 Å². The molecule has 1 nitrogen and oxygen atoms in total. The number of benzene rings is 1. The van der Waals surface area contributed by atoms with Crippen molar-refractivity contribution in [2.75, 3.05) is 0 Å². The summed E-state index contributed by atoms with van der Waals surface area (Å²) in [4.78, 5) is 0. The summed E-state index contributed by atoms with van der Waals surface area (Å²) in [6.07, 6.45) is 4.03. The van der Waals surface area contributed by atoms with Crippen molar-refractivity contribution in [2.45, 2.75) is 38.8 Å². The fourth-order valence-electron chi connectivity index (χ4n) is 2.06. The van der Waals surface area contributed by atoms with E-state index in [0.29, 0.717) is 10.5 Å². The van der Waals surface area contributed by atoms with Crippen LogP contribution in [-0.2, 0) is 6.54 Å². The van der Waals surface area contributed by atoms with Crippen LogP contribution in [0.2, 0.25) is 0 Å².